The molecule has 112 valence electrons. The van der Waals surface area contributed by atoms with Crippen LogP contribution in [0.25, 0.3) is 0 Å². The third kappa shape index (κ3) is 2.93. The van der Waals surface area contributed by atoms with Crippen LogP contribution >= 0.6 is 0 Å². The summed E-state index contributed by atoms with van der Waals surface area (Å²) in [4.78, 5) is 21.1. The van der Waals surface area contributed by atoms with Gasteiger partial charge in [0.1, 0.15) is 11.9 Å². The summed E-state index contributed by atoms with van der Waals surface area (Å²) in [6, 6.07) is 3.96. The molecule has 1 atom stereocenters. The lowest BCUT2D eigenvalue weighted by atomic mass is 10.2. The van der Waals surface area contributed by atoms with Crippen molar-refractivity contribution < 1.29 is 9.53 Å². The van der Waals surface area contributed by atoms with Crippen molar-refractivity contribution in [1.82, 2.24) is 9.88 Å². The van der Waals surface area contributed by atoms with E-state index in [2.05, 4.69) is 16.5 Å². The highest BCUT2D eigenvalue weighted by molar-refractivity contribution is 5.81. The zero-order valence-corrected chi connectivity index (χ0v) is 12.2. The van der Waals surface area contributed by atoms with Crippen LogP contribution in [-0.2, 0) is 16.1 Å². The number of amides is 1. The minimum Gasteiger partial charge on any atom is -0.368 e. The highest BCUT2D eigenvalue weighted by Crippen LogP contribution is 2.24. The Hall–Kier alpha value is -1.88. The summed E-state index contributed by atoms with van der Waals surface area (Å²) in [5.41, 5.74) is 1.09. The minimum absolute atomic E-state index is 0.114. The molecule has 1 fully saturated rings. The molecular weight excluding hydrogens is 266 g/mol. The Morgan fingerprint density at radius 1 is 1.52 bits per heavy atom. The van der Waals surface area contributed by atoms with Crippen molar-refractivity contribution in [3.63, 3.8) is 0 Å². The second-order valence-corrected chi connectivity index (χ2v) is 5.48. The molecule has 2 aliphatic rings. The molecule has 0 saturated carbocycles. The van der Waals surface area contributed by atoms with E-state index in [1.165, 1.54) is 0 Å². The molecule has 0 aliphatic carbocycles. The first-order valence-corrected chi connectivity index (χ1v) is 7.49. The van der Waals surface area contributed by atoms with Gasteiger partial charge in [0.25, 0.3) is 5.91 Å². The van der Waals surface area contributed by atoms with Gasteiger partial charge in [-0.05, 0) is 18.9 Å². The Balaban J connectivity index is 1.81. The van der Waals surface area contributed by atoms with Gasteiger partial charge in [0.2, 0.25) is 0 Å². The molecule has 3 heterocycles. The summed E-state index contributed by atoms with van der Waals surface area (Å²) in [5.74, 6) is 1.07. The van der Waals surface area contributed by atoms with E-state index < -0.39 is 0 Å². The fourth-order valence-corrected chi connectivity index (χ4v) is 2.97. The van der Waals surface area contributed by atoms with Crippen molar-refractivity contribution in [2.75, 3.05) is 31.1 Å². The van der Waals surface area contributed by atoms with Gasteiger partial charge in [-0.1, -0.05) is 12.1 Å². The summed E-state index contributed by atoms with van der Waals surface area (Å²) < 4.78 is 5.53. The number of rotatable bonds is 3. The Morgan fingerprint density at radius 2 is 2.43 bits per heavy atom. The molecule has 1 saturated heterocycles. The predicted molar refractivity (Wildman–Crippen MR) is 81.0 cm³/mol. The first kappa shape index (κ1) is 14.1. The molecule has 3 rings (SSSR count). The maximum atomic E-state index is 12.6. The van der Waals surface area contributed by atoms with Crippen molar-refractivity contribution >= 4 is 11.7 Å². The second kappa shape index (κ2) is 6.26. The SMILES string of the molecule is C=CCN1CCN(C(=O)[C@H]2CCCO2)Cc2cccnc21. The first-order chi connectivity index (χ1) is 10.3. The van der Waals surface area contributed by atoms with E-state index in [1.807, 2.05) is 23.1 Å². The summed E-state index contributed by atoms with van der Waals surface area (Å²) in [6.07, 6.45) is 5.23. The van der Waals surface area contributed by atoms with Crippen LogP contribution in [0.15, 0.2) is 31.0 Å². The molecule has 0 radical (unpaired) electrons. The molecule has 0 bridgehead atoms. The standard InChI is InChI=1S/C16H21N3O2/c1-2-8-18-9-10-19(16(20)14-6-4-11-21-14)12-13-5-3-7-17-15(13)18/h2-3,5,7,14H,1,4,6,8-12H2/t14-/m1/s1. The number of anilines is 1. The van der Waals surface area contributed by atoms with Crippen LogP contribution in [0.3, 0.4) is 0 Å². The summed E-state index contributed by atoms with van der Waals surface area (Å²) in [7, 11) is 0. The van der Waals surface area contributed by atoms with Crippen LogP contribution in [0.2, 0.25) is 0 Å². The Bertz CT molecular complexity index is 526. The lowest BCUT2D eigenvalue weighted by Gasteiger charge is -2.24. The highest BCUT2D eigenvalue weighted by atomic mass is 16.5. The molecule has 1 amide bonds. The van der Waals surface area contributed by atoms with E-state index in [1.54, 1.807) is 6.20 Å². The number of hydrogen-bond donors (Lipinski definition) is 0. The van der Waals surface area contributed by atoms with Crippen LogP contribution in [-0.4, -0.2) is 48.1 Å². The third-order valence-electron chi connectivity index (χ3n) is 4.03. The normalized spacial score (nSPS) is 21.8. The highest BCUT2D eigenvalue weighted by Gasteiger charge is 2.30. The van der Waals surface area contributed by atoms with Gasteiger partial charge in [-0.2, -0.15) is 0 Å². The van der Waals surface area contributed by atoms with Crippen LogP contribution in [0.5, 0.6) is 0 Å². The van der Waals surface area contributed by atoms with E-state index in [0.717, 1.165) is 37.3 Å². The van der Waals surface area contributed by atoms with E-state index in [-0.39, 0.29) is 12.0 Å². The van der Waals surface area contributed by atoms with Crippen LogP contribution < -0.4 is 4.90 Å². The number of fused-ring (bicyclic) bond motifs is 1. The van der Waals surface area contributed by atoms with Crippen LogP contribution in [0.1, 0.15) is 18.4 Å². The zero-order valence-electron chi connectivity index (χ0n) is 12.2. The van der Waals surface area contributed by atoms with Crippen molar-refractivity contribution in [2.45, 2.75) is 25.5 Å². The Kier molecular flexibility index (Phi) is 4.20. The zero-order chi connectivity index (χ0) is 14.7. The monoisotopic (exact) mass is 287 g/mol. The van der Waals surface area contributed by atoms with Crippen molar-refractivity contribution in [3.8, 4) is 0 Å². The van der Waals surface area contributed by atoms with Gasteiger partial charge >= 0.3 is 0 Å². The van der Waals surface area contributed by atoms with Gasteiger partial charge in [0, 0.05) is 44.5 Å². The first-order valence-electron chi connectivity index (χ1n) is 7.49. The van der Waals surface area contributed by atoms with Gasteiger partial charge in [0.15, 0.2) is 0 Å². The summed E-state index contributed by atoms with van der Waals surface area (Å²) in [5, 5.41) is 0. The Morgan fingerprint density at radius 3 is 3.19 bits per heavy atom. The lowest BCUT2D eigenvalue weighted by Crippen LogP contribution is -2.41. The fraction of sp³-hybridized carbons (Fsp3) is 0.500. The molecule has 0 spiro atoms. The van der Waals surface area contributed by atoms with Crippen molar-refractivity contribution in [1.29, 1.82) is 0 Å². The molecule has 0 N–H and O–H groups in total. The molecule has 5 nitrogen and oxygen atoms in total. The van der Waals surface area contributed by atoms with Gasteiger partial charge in [-0.3, -0.25) is 4.79 Å². The minimum atomic E-state index is -0.254. The van der Waals surface area contributed by atoms with Gasteiger partial charge < -0.3 is 14.5 Å². The average molecular weight is 287 g/mol. The molecule has 0 unspecified atom stereocenters. The lowest BCUT2D eigenvalue weighted by molar-refractivity contribution is -0.141. The van der Waals surface area contributed by atoms with Crippen molar-refractivity contribution in [3.05, 3.63) is 36.5 Å². The van der Waals surface area contributed by atoms with Crippen molar-refractivity contribution in [2.24, 2.45) is 0 Å². The number of nitrogens with zero attached hydrogens (tertiary/aromatic N) is 3. The molecule has 1 aromatic heterocycles. The topological polar surface area (TPSA) is 45.7 Å². The van der Waals surface area contributed by atoms with E-state index >= 15 is 0 Å². The number of aromatic nitrogens is 1. The largest absolute Gasteiger partial charge is 0.368 e. The smallest absolute Gasteiger partial charge is 0.252 e. The van der Waals surface area contributed by atoms with E-state index in [9.17, 15) is 4.79 Å². The molecule has 1 aromatic rings. The quantitative estimate of drug-likeness (QED) is 0.792. The van der Waals surface area contributed by atoms with E-state index in [4.69, 9.17) is 4.74 Å². The number of hydrogen-bond acceptors (Lipinski definition) is 4. The summed E-state index contributed by atoms with van der Waals surface area (Å²) >= 11 is 0. The molecule has 21 heavy (non-hydrogen) atoms. The maximum absolute atomic E-state index is 12.6. The van der Waals surface area contributed by atoms with Gasteiger partial charge in [0.05, 0.1) is 0 Å². The summed E-state index contributed by atoms with van der Waals surface area (Å²) in [6.45, 7) is 7.32. The van der Waals surface area contributed by atoms with Gasteiger partial charge in [-0.15, -0.1) is 6.58 Å². The molecule has 5 heteroatoms. The van der Waals surface area contributed by atoms with E-state index in [0.29, 0.717) is 19.7 Å². The number of ether oxygens (including phenoxy) is 1. The average Bonchev–Trinajstić information content (AvgIpc) is 2.98. The molecule has 0 aromatic carbocycles. The maximum Gasteiger partial charge on any atom is 0.252 e. The molecular formula is C16H21N3O2. The predicted octanol–water partition coefficient (Wildman–Crippen LogP) is 1.60. The second-order valence-electron chi connectivity index (χ2n) is 5.48. The fourth-order valence-electron chi connectivity index (χ4n) is 2.97. The number of carbonyl (C=O) groups is 1. The third-order valence-corrected chi connectivity index (χ3v) is 4.03. The molecule has 2 aliphatic heterocycles. The van der Waals surface area contributed by atoms with Gasteiger partial charge in [-0.25, -0.2) is 4.98 Å². The number of carbonyl (C=O) groups excluding carboxylic acids is 1. The van der Waals surface area contributed by atoms with Crippen LogP contribution in [0, 0.1) is 0 Å². The Labute approximate surface area is 125 Å². The number of pyridine rings is 1. The van der Waals surface area contributed by atoms with Crippen LogP contribution in [0.4, 0.5) is 5.82 Å².